The number of hydrazone groups is 1. The second-order valence-electron chi connectivity index (χ2n) is 8.82. The van der Waals surface area contributed by atoms with Crippen molar-refractivity contribution in [1.82, 2.24) is 15.2 Å². The lowest BCUT2D eigenvalue weighted by molar-refractivity contribution is -0.121. The highest BCUT2D eigenvalue weighted by molar-refractivity contribution is 5.86. The van der Waals surface area contributed by atoms with E-state index in [-0.39, 0.29) is 18.2 Å². The Balaban J connectivity index is 1.43. The van der Waals surface area contributed by atoms with Gasteiger partial charge in [-0.3, -0.25) is 9.69 Å². The van der Waals surface area contributed by atoms with Gasteiger partial charge in [0.1, 0.15) is 5.75 Å². The Kier molecular flexibility index (Phi) is 9.64. The van der Waals surface area contributed by atoms with Crippen LogP contribution in [0.2, 0.25) is 0 Å². The lowest BCUT2D eigenvalue weighted by atomic mass is 10.0. The minimum Gasteiger partial charge on any atom is -0.507 e. The first-order valence-corrected chi connectivity index (χ1v) is 12.1. The number of hydrogen-bond acceptors (Lipinski definition) is 6. The standard InChI is InChI=1S/C28H37N5O2/c1-5-33(6-2)25-15-14-23(27(34)18-25)19-29-30-28(35)21-32(4)17-16-31(3)20-24-12-9-11-22-10-7-8-13-26(22)24/h7-15,18-19,34H,5-6,16-17,20-21H2,1-4H3,(H,30,35)/b29-19+. The highest BCUT2D eigenvalue weighted by atomic mass is 16.3. The Hall–Kier alpha value is -3.42. The minimum absolute atomic E-state index is 0.138. The number of rotatable bonds is 12. The fourth-order valence-electron chi connectivity index (χ4n) is 4.10. The van der Waals surface area contributed by atoms with E-state index in [1.54, 1.807) is 12.1 Å². The van der Waals surface area contributed by atoms with E-state index >= 15 is 0 Å². The molecule has 7 nitrogen and oxygen atoms in total. The van der Waals surface area contributed by atoms with E-state index in [9.17, 15) is 9.90 Å². The first-order chi connectivity index (χ1) is 16.9. The number of amides is 1. The maximum atomic E-state index is 12.3. The van der Waals surface area contributed by atoms with Crippen LogP contribution in [0.15, 0.2) is 65.8 Å². The monoisotopic (exact) mass is 475 g/mol. The fraction of sp³-hybridized carbons (Fsp3) is 0.357. The summed E-state index contributed by atoms with van der Waals surface area (Å²) in [6.07, 6.45) is 1.47. The Morgan fingerprint density at radius 1 is 0.971 bits per heavy atom. The summed E-state index contributed by atoms with van der Waals surface area (Å²) in [5, 5.41) is 16.8. The van der Waals surface area contributed by atoms with Crippen LogP contribution in [0.5, 0.6) is 5.75 Å². The summed E-state index contributed by atoms with van der Waals surface area (Å²) in [4.78, 5) is 18.7. The number of likely N-dealkylation sites (N-methyl/N-ethyl adjacent to an activating group) is 2. The quantitative estimate of drug-likeness (QED) is 0.307. The highest BCUT2D eigenvalue weighted by Crippen LogP contribution is 2.23. The number of hydrogen-bond donors (Lipinski definition) is 2. The predicted octanol–water partition coefficient (Wildman–Crippen LogP) is 3.91. The molecule has 0 aliphatic carbocycles. The molecule has 0 fully saturated rings. The third-order valence-corrected chi connectivity index (χ3v) is 6.13. The van der Waals surface area contributed by atoms with E-state index in [0.717, 1.165) is 38.4 Å². The molecule has 0 aliphatic rings. The maximum Gasteiger partial charge on any atom is 0.254 e. The topological polar surface area (TPSA) is 71.4 Å². The van der Waals surface area contributed by atoms with Gasteiger partial charge in [0.05, 0.1) is 12.8 Å². The van der Waals surface area contributed by atoms with E-state index in [1.807, 2.05) is 18.0 Å². The van der Waals surface area contributed by atoms with Crippen LogP contribution in [0.4, 0.5) is 5.69 Å². The van der Waals surface area contributed by atoms with E-state index in [2.05, 4.69) is 83.7 Å². The van der Waals surface area contributed by atoms with Crippen molar-refractivity contribution in [1.29, 1.82) is 0 Å². The smallest absolute Gasteiger partial charge is 0.254 e. The average molecular weight is 476 g/mol. The summed E-state index contributed by atoms with van der Waals surface area (Å²) in [7, 11) is 4.02. The molecule has 0 saturated carbocycles. The summed E-state index contributed by atoms with van der Waals surface area (Å²) < 4.78 is 0. The van der Waals surface area contributed by atoms with Crippen molar-refractivity contribution in [3.8, 4) is 5.75 Å². The predicted molar refractivity (Wildman–Crippen MR) is 145 cm³/mol. The van der Waals surface area contributed by atoms with Gasteiger partial charge in [-0.05, 0) is 56.4 Å². The molecule has 35 heavy (non-hydrogen) atoms. The van der Waals surface area contributed by atoms with Crippen LogP contribution in [0.25, 0.3) is 10.8 Å². The lowest BCUT2D eigenvalue weighted by Gasteiger charge is -2.22. The number of anilines is 1. The zero-order valence-electron chi connectivity index (χ0n) is 21.2. The van der Waals surface area contributed by atoms with Crippen molar-refractivity contribution in [2.75, 3.05) is 51.7 Å². The van der Waals surface area contributed by atoms with Crippen molar-refractivity contribution in [2.24, 2.45) is 5.10 Å². The summed E-state index contributed by atoms with van der Waals surface area (Å²) in [5.74, 6) is -0.0570. The number of fused-ring (bicyclic) bond motifs is 1. The molecule has 0 radical (unpaired) electrons. The molecule has 0 unspecified atom stereocenters. The van der Waals surface area contributed by atoms with Crippen molar-refractivity contribution in [2.45, 2.75) is 20.4 Å². The van der Waals surface area contributed by atoms with E-state index in [1.165, 1.54) is 22.6 Å². The van der Waals surface area contributed by atoms with Gasteiger partial charge in [0.2, 0.25) is 0 Å². The van der Waals surface area contributed by atoms with Crippen molar-refractivity contribution < 1.29 is 9.90 Å². The SMILES string of the molecule is CCN(CC)c1ccc(/C=N/NC(=O)CN(C)CCN(C)Cc2cccc3ccccc23)c(O)c1. The van der Waals surface area contributed by atoms with Gasteiger partial charge < -0.3 is 14.9 Å². The molecule has 0 atom stereocenters. The minimum atomic E-state index is -0.195. The Labute approximate surface area is 208 Å². The van der Waals surface area contributed by atoms with Gasteiger partial charge in [0.15, 0.2) is 0 Å². The molecular formula is C28H37N5O2. The van der Waals surface area contributed by atoms with Gasteiger partial charge in [-0.2, -0.15) is 5.10 Å². The molecular weight excluding hydrogens is 438 g/mol. The zero-order chi connectivity index (χ0) is 25.2. The van der Waals surface area contributed by atoms with Crippen LogP contribution in [-0.4, -0.2) is 73.8 Å². The molecule has 2 N–H and O–H groups in total. The lowest BCUT2D eigenvalue weighted by Crippen LogP contribution is -2.37. The number of phenols is 1. The molecule has 3 rings (SSSR count). The number of phenolic OH excluding ortho intramolecular Hbond substituents is 1. The number of carbonyl (C=O) groups is 1. The van der Waals surface area contributed by atoms with Gasteiger partial charge in [-0.15, -0.1) is 0 Å². The van der Waals surface area contributed by atoms with Crippen LogP contribution in [-0.2, 0) is 11.3 Å². The first kappa shape index (κ1) is 26.2. The molecule has 0 bridgehead atoms. The Bertz CT molecular complexity index is 1140. The third-order valence-electron chi connectivity index (χ3n) is 6.13. The normalized spacial score (nSPS) is 11.6. The molecule has 7 heteroatoms. The number of benzene rings is 3. The van der Waals surface area contributed by atoms with Crippen LogP contribution in [0.1, 0.15) is 25.0 Å². The summed E-state index contributed by atoms with van der Waals surface area (Å²) in [6.45, 7) is 8.57. The largest absolute Gasteiger partial charge is 0.507 e. The molecule has 0 aliphatic heterocycles. The van der Waals surface area contributed by atoms with Gasteiger partial charge in [0, 0.05) is 50.0 Å². The number of nitrogens with zero attached hydrogens (tertiary/aromatic N) is 4. The average Bonchev–Trinajstić information content (AvgIpc) is 2.85. The molecule has 3 aromatic carbocycles. The number of aromatic hydroxyl groups is 1. The fourth-order valence-corrected chi connectivity index (χ4v) is 4.10. The molecule has 0 heterocycles. The van der Waals surface area contributed by atoms with Crippen LogP contribution in [0, 0.1) is 0 Å². The molecule has 0 aromatic heterocycles. The Morgan fingerprint density at radius 2 is 1.69 bits per heavy atom. The van der Waals surface area contributed by atoms with Gasteiger partial charge >= 0.3 is 0 Å². The van der Waals surface area contributed by atoms with Gasteiger partial charge in [0.25, 0.3) is 5.91 Å². The van der Waals surface area contributed by atoms with E-state index < -0.39 is 0 Å². The van der Waals surface area contributed by atoms with Crippen LogP contribution in [0.3, 0.4) is 0 Å². The summed E-state index contributed by atoms with van der Waals surface area (Å²) in [5.41, 5.74) is 5.37. The van der Waals surface area contributed by atoms with Crippen molar-refractivity contribution in [3.63, 3.8) is 0 Å². The zero-order valence-corrected chi connectivity index (χ0v) is 21.2. The number of nitrogens with one attached hydrogen (secondary N) is 1. The number of carbonyl (C=O) groups excluding carboxylic acids is 1. The maximum absolute atomic E-state index is 12.3. The van der Waals surface area contributed by atoms with Crippen molar-refractivity contribution in [3.05, 3.63) is 71.8 Å². The van der Waals surface area contributed by atoms with Crippen LogP contribution >= 0.6 is 0 Å². The second-order valence-corrected chi connectivity index (χ2v) is 8.82. The van der Waals surface area contributed by atoms with E-state index in [0.29, 0.717) is 5.56 Å². The second kappa shape index (κ2) is 12.9. The summed E-state index contributed by atoms with van der Waals surface area (Å²) >= 11 is 0. The highest BCUT2D eigenvalue weighted by Gasteiger charge is 2.09. The van der Waals surface area contributed by atoms with Crippen molar-refractivity contribution >= 4 is 28.6 Å². The Morgan fingerprint density at radius 3 is 2.43 bits per heavy atom. The van der Waals surface area contributed by atoms with Gasteiger partial charge in [-0.1, -0.05) is 42.5 Å². The molecule has 0 saturated heterocycles. The van der Waals surface area contributed by atoms with Gasteiger partial charge in [-0.25, -0.2) is 5.43 Å². The molecule has 3 aromatic rings. The van der Waals surface area contributed by atoms with E-state index in [4.69, 9.17) is 0 Å². The van der Waals surface area contributed by atoms with Crippen LogP contribution < -0.4 is 10.3 Å². The molecule has 186 valence electrons. The molecule has 0 spiro atoms. The third kappa shape index (κ3) is 7.53. The first-order valence-electron chi connectivity index (χ1n) is 12.1. The molecule has 1 amide bonds. The summed E-state index contributed by atoms with van der Waals surface area (Å²) in [6, 6.07) is 20.3.